The molecule has 0 bridgehead atoms. The second-order valence-corrected chi connectivity index (χ2v) is 10.5. The molecule has 36 heavy (non-hydrogen) atoms. The third-order valence-corrected chi connectivity index (χ3v) is 7.53. The van der Waals surface area contributed by atoms with Crippen LogP contribution in [-0.2, 0) is 9.59 Å². The number of hydrogen-bond acceptors (Lipinski definition) is 6. The predicted octanol–water partition coefficient (Wildman–Crippen LogP) is 4.65. The smallest absolute Gasteiger partial charge is 0.285 e. The van der Waals surface area contributed by atoms with Gasteiger partial charge in [-0.15, -0.1) is 0 Å². The van der Waals surface area contributed by atoms with Gasteiger partial charge in [0.05, 0.1) is 16.3 Å². The lowest BCUT2D eigenvalue weighted by Gasteiger charge is -2.26. The molecule has 0 spiro atoms. The highest BCUT2D eigenvalue weighted by atomic mass is 32.2. The first-order valence-electron chi connectivity index (χ1n) is 12.1. The molecule has 0 aliphatic carbocycles. The molecule has 0 unspecified atom stereocenters. The zero-order chi connectivity index (χ0) is 24.9. The molecule has 2 amide bonds. The summed E-state index contributed by atoms with van der Waals surface area (Å²) in [6, 6.07) is 19.7. The molecule has 0 saturated carbocycles. The number of amides is 2. The minimum Gasteiger partial charge on any atom is -0.303 e. The van der Waals surface area contributed by atoms with Crippen molar-refractivity contribution in [3.63, 3.8) is 0 Å². The van der Waals surface area contributed by atoms with Crippen LogP contribution in [0.25, 0.3) is 23.0 Å². The molecule has 184 valence electrons. The zero-order valence-electron chi connectivity index (χ0n) is 19.8. The van der Waals surface area contributed by atoms with Crippen LogP contribution in [0.5, 0.6) is 0 Å². The number of hydrazine groups is 1. The number of para-hydroxylation sites is 1. The minimum atomic E-state index is -0.331. The van der Waals surface area contributed by atoms with Gasteiger partial charge in [-0.25, -0.2) is 4.68 Å². The number of carbonyl (C=O) groups is 2. The highest BCUT2D eigenvalue weighted by Crippen LogP contribution is 2.34. The van der Waals surface area contributed by atoms with Gasteiger partial charge in [-0.05, 0) is 56.4 Å². The topological polar surface area (TPSA) is 70.5 Å². The number of benzene rings is 2. The third kappa shape index (κ3) is 5.59. The molecule has 3 heterocycles. The number of carbonyl (C=O) groups excluding carboxylic acids is 2. The number of piperidine rings is 1. The van der Waals surface area contributed by atoms with Crippen LogP contribution in [-0.4, -0.2) is 55.5 Å². The lowest BCUT2D eigenvalue weighted by atomic mass is 10.1. The Morgan fingerprint density at radius 3 is 2.44 bits per heavy atom. The largest absolute Gasteiger partial charge is 0.303 e. The van der Waals surface area contributed by atoms with Gasteiger partial charge in [0.1, 0.15) is 0 Å². The summed E-state index contributed by atoms with van der Waals surface area (Å²) in [7, 11) is 0. The van der Waals surface area contributed by atoms with Gasteiger partial charge in [-0.1, -0.05) is 66.7 Å². The number of hydrogen-bond donors (Lipinski definition) is 1. The fraction of sp³-hybridized carbons (Fsp3) is 0.259. The van der Waals surface area contributed by atoms with E-state index in [0.29, 0.717) is 22.2 Å². The van der Waals surface area contributed by atoms with Gasteiger partial charge in [0.2, 0.25) is 5.91 Å². The van der Waals surface area contributed by atoms with E-state index >= 15 is 0 Å². The van der Waals surface area contributed by atoms with Gasteiger partial charge < -0.3 is 4.90 Å². The van der Waals surface area contributed by atoms with Gasteiger partial charge in [-0.2, -0.15) is 10.1 Å². The van der Waals surface area contributed by atoms with E-state index < -0.39 is 0 Å². The lowest BCUT2D eigenvalue weighted by molar-refractivity contribution is -0.133. The molecule has 3 aromatic rings. The van der Waals surface area contributed by atoms with Crippen LogP contribution in [0.15, 0.2) is 71.8 Å². The monoisotopic (exact) mass is 517 g/mol. The van der Waals surface area contributed by atoms with Crippen molar-refractivity contribution in [3.8, 4) is 16.9 Å². The first-order chi connectivity index (χ1) is 17.6. The maximum absolute atomic E-state index is 13.2. The summed E-state index contributed by atoms with van der Waals surface area (Å²) in [6.45, 7) is 2.74. The summed E-state index contributed by atoms with van der Waals surface area (Å²) < 4.78 is 2.12. The van der Waals surface area contributed by atoms with E-state index in [-0.39, 0.29) is 11.8 Å². The molecule has 1 aromatic heterocycles. The Kier molecular flexibility index (Phi) is 7.60. The van der Waals surface area contributed by atoms with Crippen molar-refractivity contribution in [2.75, 3.05) is 19.6 Å². The Labute approximate surface area is 220 Å². The van der Waals surface area contributed by atoms with Crippen molar-refractivity contribution < 1.29 is 9.59 Å². The first kappa shape index (κ1) is 24.4. The van der Waals surface area contributed by atoms with Crippen LogP contribution in [0.4, 0.5) is 0 Å². The summed E-state index contributed by atoms with van der Waals surface area (Å²) in [5.74, 6) is -0.539. The van der Waals surface area contributed by atoms with Gasteiger partial charge >= 0.3 is 0 Å². The molecule has 1 N–H and O–H groups in total. The standard InChI is InChI=1S/C27H27N5O2S2/c33-24(14-17-30-15-8-3-9-16-30)28-32-26(34)23(36-27(32)35)18-21-19-31(22-12-6-2-7-13-22)29-25(21)20-10-4-1-5-11-20/h1-2,4-7,10-13,18-19H,3,8-9,14-17H2,(H,28,33). The summed E-state index contributed by atoms with van der Waals surface area (Å²) in [6.07, 6.45) is 7.63. The molecule has 5 rings (SSSR count). The Balaban J connectivity index is 1.35. The number of nitrogens with zero attached hydrogens (tertiary/aromatic N) is 4. The molecular formula is C27H27N5O2S2. The molecule has 2 saturated heterocycles. The normalized spacial score (nSPS) is 17.7. The Morgan fingerprint density at radius 2 is 1.72 bits per heavy atom. The van der Waals surface area contributed by atoms with Gasteiger partial charge in [-0.3, -0.25) is 15.0 Å². The second kappa shape index (κ2) is 11.2. The third-order valence-electron chi connectivity index (χ3n) is 6.23. The van der Waals surface area contributed by atoms with Crippen molar-refractivity contribution in [1.29, 1.82) is 0 Å². The fourth-order valence-electron chi connectivity index (χ4n) is 4.35. The maximum atomic E-state index is 13.2. The quantitative estimate of drug-likeness (QED) is 0.364. The van der Waals surface area contributed by atoms with E-state index in [0.717, 1.165) is 35.6 Å². The van der Waals surface area contributed by atoms with Crippen molar-refractivity contribution in [3.05, 3.63) is 77.3 Å². The average molecular weight is 518 g/mol. The van der Waals surface area contributed by atoms with E-state index in [2.05, 4.69) is 10.3 Å². The second-order valence-electron chi connectivity index (χ2n) is 8.78. The summed E-state index contributed by atoms with van der Waals surface area (Å²) in [5.41, 5.74) is 6.12. The molecule has 9 heteroatoms. The molecule has 0 radical (unpaired) electrons. The Bertz CT molecular complexity index is 1280. The van der Waals surface area contributed by atoms with E-state index in [4.69, 9.17) is 17.3 Å². The van der Waals surface area contributed by atoms with E-state index in [9.17, 15) is 9.59 Å². The van der Waals surface area contributed by atoms with Crippen molar-refractivity contribution in [1.82, 2.24) is 25.1 Å². The predicted molar refractivity (Wildman–Crippen MR) is 147 cm³/mol. The SMILES string of the molecule is O=C(CCN1CCCCC1)NN1C(=O)C(=Cc2cn(-c3ccccc3)nc2-c2ccccc2)SC1=S. The average Bonchev–Trinajstić information content (AvgIpc) is 3.45. The van der Waals surface area contributed by atoms with Crippen LogP contribution in [0, 0.1) is 0 Å². The van der Waals surface area contributed by atoms with Crippen molar-refractivity contribution >= 4 is 46.2 Å². The van der Waals surface area contributed by atoms with Crippen LogP contribution >= 0.6 is 24.0 Å². The highest BCUT2D eigenvalue weighted by molar-refractivity contribution is 8.26. The minimum absolute atomic E-state index is 0.208. The highest BCUT2D eigenvalue weighted by Gasteiger charge is 2.34. The number of thiocarbonyl (C=S) groups is 1. The van der Waals surface area contributed by atoms with Gasteiger partial charge in [0.25, 0.3) is 5.91 Å². The number of likely N-dealkylation sites (tertiary alicyclic amines) is 1. The molecule has 0 atom stereocenters. The van der Waals surface area contributed by atoms with Crippen molar-refractivity contribution in [2.45, 2.75) is 25.7 Å². The maximum Gasteiger partial charge on any atom is 0.285 e. The fourth-order valence-corrected chi connectivity index (χ4v) is 5.53. The Hall–Kier alpha value is -3.27. The first-order valence-corrected chi connectivity index (χ1v) is 13.3. The molecule has 2 aliphatic heterocycles. The molecule has 2 aromatic carbocycles. The number of nitrogens with one attached hydrogen (secondary N) is 1. The van der Waals surface area contributed by atoms with Gasteiger partial charge in [0.15, 0.2) is 4.32 Å². The summed E-state index contributed by atoms with van der Waals surface area (Å²) >= 11 is 6.61. The summed E-state index contributed by atoms with van der Waals surface area (Å²) in [5, 5.41) is 5.99. The Morgan fingerprint density at radius 1 is 1.03 bits per heavy atom. The molecule has 2 fully saturated rings. The van der Waals surface area contributed by atoms with Crippen LogP contribution in [0.1, 0.15) is 31.2 Å². The lowest BCUT2D eigenvalue weighted by Crippen LogP contribution is -2.46. The summed E-state index contributed by atoms with van der Waals surface area (Å²) in [4.78, 5) is 28.5. The molecular weight excluding hydrogens is 490 g/mol. The van der Waals surface area contributed by atoms with E-state index in [1.54, 1.807) is 10.8 Å². The zero-order valence-corrected chi connectivity index (χ0v) is 21.4. The number of rotatable bonds is 7. The van der Waals surface area contributed by atoms with E-state index in [1.807, 2.05) is 66.9 Å². The van der Waals surface area contributed by atoms with Gasteiger partial charge in [0, 0.05) is 30.3 Å². The van der Waals surface area contributed by atoms with Crippen LogP contribution < -0.4 is 5.43 Å². The van der Waals surface area contributed by atoms with Crippen LogP contribution in [0.2, 0.25) is 0 Å². The number of aromatic nitrogens is 2. The molecule has 2 aliphatic rings. The van der Waals surface area contributed by atoms with E-state index in [1.165, 1.54) is 36.0 Å². The van der Waals surface area contributed by atoms with Crippen LogP contribution in [0.3, 0.4) is 0 Å². The molecule has 7 nitrogen and oxygen atoms in total. The van der Waals surface area contributed by atoms with Crippen molar-refractivity contribution in [2.24, 2.45) is 0 Å². The number of thioether (sulfide) groups is 1.